The fraction of sp³-hybridized carbons (Fsp3) is 0.400. The van der Waals surface area contributed by atoms with Crippen molar-refractivity contribution < 1.29 is 23.1 Å². The number of carbonyl (C=O) groups excluding carboxylic acids is 1. The van der Waals surface area contributed by atoms with Crippen molar-refractivity contribution in [1.29, 1.82) is 0 Å². The Balaban J connectivity index is 1.60. The predicted octanol–water partition coefficient (Wildman–Crippen LogP) is 4.19. The summed E-state index contributed by atoms with van der Waals surface area (Å²) in [6, 6.07) is 12.4. The molecule has 1 aliphatic heterocycles. The zero-order chi connectivity index (χ0) is 24.7. The average Bonchev–Trinajstić information content (AvgIpc) is 3.19. The molecule has 0 saturated carbocycles. The largest absolute Gasteiger partial charge is 0.493 e. The minimum absolute atomic E-state index is 0.137. The first-order valence-corrected chi connectivity index (χ1v) is 13.5. The zero-order valence-electron chi connectivity index (χ0n) is 19.6. The number of Topliss-reactive ketones (excluding diaryl/α,β-unsaturated/α-hetero) is 1. The monoisotopic (exact) mass is 500 g/mol. The van der Waals surface area contributed by atoms with Crippen LogP contribution in [-0.2, 0) is 16.3 Å². The van der Waals surface area contributed by atoms with Crippen molar-refractivity contribution in [2.24, 2.45) is 5.92 Å². The Kier molecular flexibility index (Phi) is 6.63. The second-order valence-electron chi connectivity index (χ2n) is 9.53. The standard InChI is InChI=1S/C25H28N2O5S2/c1-15-26-27-23(33-15)12-17-13-32-22-11-16(9-10-20(22)24(17)29)18-7-5-6-8-19(18)21(28)14-34(30,31)25(2,3)4/h5-11,17,24,29H,12-14H2,1-4H3/t17-,24+/m0/s1. The number of aliphatic hydroxyl groups is 1. The van der Waals surface area contributed by atoms with E-state index in [4.69, 9.17) is 4.74 Å². The van der Waals surface area contributed by atoms with E-state index in [1.165, 1.54) is 11.3 Å². The predicted molar refractivity (Wildman–Crippen MR) is 132 cm³/mol. The van der Waals surface area contributed by atoms with Gasteiger partial charge in [0.2, 0.25) is 0 Å². The van der Waals surface area contributed by atoms with Crippen LogP contribution in [-0.4, -0.2) is 46.6 Å². The van der Waals surface area contributed by atoms with Crippen molar-refractivity contribution in [2.45, 2.75) is 45.0 Å². The highest BCUT2D eigenvalue weighted by atomic mass is 32.2. The van der Waals surface area contributed by atoms with E-state index in [0.29, 0.717) is 35.5 Å². The summed E-state index contributed by atoms with van der Waals surface area (Å²) in [6.45, 7) is 7.00. The Morgan fingerprint density at radius 1 is 1.18 bits per heavy atom. The lowest BCUT2D eigenvalue weighted by Gasteiger charge is -2.30. The van der Waals surface area contributed by atoms with Crippen LogP contribution in [0.4, 0.5) is 0 Å². The number of nitrogens with zero attached hydrogens (tertiary/aromatic N) is 2. The lowest BCUT2D eigenvalue weighted by molar-refractivity contribution is 0.0507. The van der Waals surface area contributed by atoms with Gasteiger partial charge in [-0.05, 0) is 44.9 Å². The molecule has 2 heterocycles. The lowest BCUT2D eigenvalue weighted by atomic mass is 9.89. The molecule has 2 aromatic carbocycles. The molecule has 0 unspecified atom stereocenters. The molecule has 3 aromatic rings. The molecule has 0 amide bonds. The third-order valence-corrected chi connectivity index (χ3v) is 9.40. The van der Waals surface area contributed by atoms with Crippen LogP contribution in [0.2, 0.25) is 0 Å². The van der Waals surface area contributed by atoms with Crippen molar-refractivity contribution in [2.75, 3.05) is 12.4 Å². The summed E-state index contributed by atoms with van der Waals surface area (Å²) in [5, 5.41) is 20.9. The van der Waals surface area contributed by atoms with Gasteiger partial charge >= 0.3 is 0 Å². The summed E-state index contributed by atoms with van der Waals surface area (Å²) in [6.07, 6.45) is -0.135. The first-order chi connectivity index (χ1) is 16.0. The summed E-state index contributed by atoms with van der Waals surface area (Å²) in [5.41, 5.74) is 2.38. The molecule has 4 rings (SSSR count). The van der Waals surface area contributed by atoms with Crippen LogP contribution in [0, 0.1) is 12.8 Å². The minimum Gasteiger partial charge on any atom is -0.493 e. The summed E-state index contributed by atoms with van der Waals surface area (Å²) < 4.78 is 30.2. The second-order valence-corrected chi connectivity index (χ2v) is 13.5. The number of aryl methyl sites for hydroxylation is 1. The summed E-state index contributed by atoms with van der Waals surface area (Å²) in [7, 11) is -3.61. The molecule has 0 saturated heterocycles. The molecule has 1 aliphatic rings. The van der Waals surface area contributed by atoms with Gasteiger partial charge in [0.1, 0.15) is 21.5 Å². The molecule has 0 aliphatic carbocycles. The van der Waals surface area contributed by atoms with E-state index in [-0.39, 0.29) is 5.92 Å². The summed E-state index contributed by atoms with van der Waals surface area (Å²) in [5.74, 6) is -0.585. The van der Waals surface area contributed by atoms with Gasteiger partial charge in [-0.15, -0.1) is 21.5 Å². The Hall–Kier alpha value is -2.62. The van der Waals surface area contributed by atoms with Crippen molar-refractivity contribution in [3.63, 3.8) is 0 Å². The molecule has 0 bridgehead atoms. The third kappa shape index (κ3) is 4.92. The second kappa shape index (κ2) is 9.20. The van der Waals surface area contributed by atoms with E-state index in [1.54, 1.807) is 57.2 Å². The van der Waals surface area contributed by atoms with E-state index >= 15 is 0 Å². The Bertz CT molecular complexity index is 1330. The normalized spacial score (nSPS) is 18.3. The van der Waals surface area contributed by atoms with Gasteiger partial charge in [0.15, 0.2) is 15.6 Å². The number of fused-ring (bicyclic) bond motifs is 1. The van der Waals surface area contributed by atoms with Gasteiger partial charge in [-0.2, -0.15) is 0 Å². The van der Waals surface area contributed by atoms with E-state index in [0.717, 1.165) is 15.6 Å². The molecule has 2 atom stereocenters. The number of rotatable bonds is 6. The Morgan fingerprint density at radius 3 is 2.59 bits per heavy atom. The number of ketones is 1. The number of aliphatic hydroxyl groups excluding tert-OH is 1. The number of aromatic nitrogens is 2. The van der Waals surface area contributed by atoms with Gasteiger partial charge in [-0.3, -0.25) is 4.79 Å². The molecule has 180 valence electrons. The van der Waals surface area contributed by atoms with Gasteiger partial charge in [0.05, 0.1) is 17.5 Å². The first-order valence-electron chi connectivity index (χ1n) is 11.0. The van der Waals surface area contributed by atoms with Gasteiger partial charge < -0.3 is 9.84 Å². The van der Waals surface area contributed by atoms with Crippen LogP contribution in [0.3, 0.4) is 0 Å². The van der Waals surface area contributed by atoms with Crippen LogP contribution in [0.1, 0.15) is 52.8 Å². The molecule has 1 aromatic heterocycles. The van der Waals surface area contributed by atoms with Crippen LogP contribution < -0.4 is 4.74 Å². The van der Waals surface area contributed by atoms with Crippen LogP contribution >= 0.6 is 11.3 Å². The van der Waals surface area contributed by atoms with E-state index in [9.17, 15) is 18.3 Å². The SMILES string of the molecule is Cc1nnc(C[C@H]2COc3cc(-c4ccccc4C(=O)CS(=O)(=O)C(C)(C)C)ccc3[C@@H]2O)s1. The maximum Gasteiger partial charge on any atom is 0.178 e. The lowest BCUT2D eigenvalue weighted by Crippen LogP contribution is -2.33. The minimum atomic E-state index is -3.61. The van der Waals surface area contributed by atoms with Gasteiger partial charge in [0, 0.05) is 23.5 Å². The molecule has 0 spiro atoms. The Labute approximate surface area is 203 Å². The molecule has 0 radical (unpaired) electrons. The molecular weight excluding hydrogens is 472 g/mol. The maximum atomic E-state index is 13.0. The molecule has 0 fully saturated rings. The summed E-state index contributed by atoms with van der Waals surface area (Å²) >= 11 is 1.51. The van der Waals surface area contributed by atoms with Crippen LogP contribution in [0.25, 0.3) is 11.1 Å². The topological polar surface area (TPSA) is 106 Å². The fourth-order valence-corrected chi connectivity index (χ4v) is 5.61. The number of sulfone groups is 1. The maximum absolute atomic E-state index is 13.0. The molecule has 1 N–H and O–H groups in total. The van der Waals surface area contributed by atoms with Crippen LogP contribution in [0.5, 0.6) is 5.75 Å². The Morgan fingerprint density at radius 2 is 1.91 bits per heavy atom. The third-order valence-electron chi connectivity index (χ3n) is 6.03. The van der Waals surface area contributed by atoms with Crippen molar-refractivity contribution in [3.8, 4) is 16.9 Å². The van der Waals surface area contributed by atoms with Crippen LogP contribution in [0.15, 0.2) is 42.5 Å². The number of ether oxygens (including phenoxy) is 1. The fourth-order valence-electron chi connectivity index (χ4n) is 3.87. The molecular formula is C25H28N2O5S2. The number of benzene rings is 2. The van der Waals surface area contributed by atoms with E-state index in [1.807, 2.05) is 13.0 Å². The quantitative estimate of drug-likeness (QED) is 0.506. The number of hydrogen-bond acceptors (Lipinski definition) is 8. The average molecular weight is 501 g/mol. The van der Waals surface area contributed by atoms with Crippen molar-refractivity contribution in [3.05, 3.63) is 63.6 Å². The molecule has 7 nitrogen and oxygen atoms in total. The van der Waals surface area contributed by atoms with Crippen molar-refractivity contribution >= 4 is 27.0 Å². The smallest absolute Gasteiger partial charge is 0.178 e. The zero-order valence-corrected chi connectivity index (χ0v) is 21.2. The van der Waals surface area contributed by atoms with Gasteiger partial charge in [0.25, 0.3) is 0 Å². The van der Waals surface area contributed by atoms with E-state index < -0.39 is 32.2 Å². The van der Waals surface area contributed by atoms with Crippen molar-refractivity contribution in [1.82, 2.24) is 10.2 Å². The van der Waals surface area contributed by atoms with Gasteiger partial charge in [-0.25, -0.2) is 8.42 Å². The van der Waals surface area contributed by atoms with E-state index in [2.05, 4.69) is 10.2 Å². The first kappa shape index (κ1) is 24.5. The molecule has 9 heteroatoms. The number of carbonyl (C=O) groups is 1. The highest BCUT2D eigenvalue weighted by Crippen LogP contribution is 2.40. The number of hydrogen-bond donors (Lipinski definition) is 1. The van der Waals surface area contributed by atoms with Gasteiger partial charge in [-0.1, -0.05) is 36.4 Å². The summed E-state index contributed by atoms with van der Waals surface area (Å²) in [4.78, 5) is 13.0. The highest BCUT2D eigenvalue weighted by molar-refractivity contribution is 7.93. The molecule has 34 heavy (non-hydrogen) atoms. The highest BCUT2D eigenvalue weighted by Gasteiger charge is 2.33.